The first-order valence-electron chi connectivity index (χ1n) is 7.38. The summed E-state index contributed by atoms with van der Waals surface area (Å²) in [7, 11) is 1.38. The number of rotatable bonds is 9. The van der Waals surface area contributed by atoms with Gasteiger partial charge < -0.3 is 4.74 Å². The lowest BCUT2D eigenvalue weighted by Crippen LogP contribution is -1.94. The molecule has 0 aromatic carbocycles. The van der Waals surface area contributed by atoms with Crippen molar-refractivity contribution in [3.05, 3.63) is 47.6 Å². The second kappa shape index (κ2) is 12.5. The monoisotopic (exact) mass is 276 g/mol. The molecule has 0 saturated carbocycles. The largest absolute Gasteiger partial charge is 0.466 e. The first-order valence-corrected chi connectivity index (χ1v) is 7.38. The Morgan fingerprint density at radius 2 is 1.80 bits per heavy atom. The summed E-state index contributed by atoms with van der Waals surface area (Å²) in [6.07, 6.45) is 18.1. The summed E-state index contributed by atoms with van der Waals surface area (Å²) >= 11 is 0. The number of unbranched alkanes of at least 4 members (excludes halogenated alkanes) is 4. The van der Waals surface area contributed by atoms with Gasteiger partial charge in [0.2, 0.25) is 0 Å². The number of hydrogen-bond acceptors (Lipinski definition) is 2. The maximum atomic E-state index is 11.0. The summed E-state index contributed by atoms with van der Waals surface area (Å²) in [5, 5.41) is 0. The third kappa shape index (κ3) is 11.5. The minimum absolute atomic E-state index is 0.320. The molecule has 0 atom stereocenters. The number of esters is 1. The molecule has 0 bridgehead atoms. The molecule has 0 fully saturated rings. The van der Waals surface area contributed by atoms with Gasteiger partial charge in [-0.2, -0.15) is 0 Å². The number of allylic oxidation sites excluding steroid dienone is 7. The zero-order chi connectivity index (χ0) is 15.2. The summed E-state index contributed by atoms with van der Waals surface area (Å²) in [6.45, 7) is 6.18. The molecule has 0 aromatic heterocycles. The standard InChI is InChI=1S/C18H28O2/c1-5-6-7-8-9-10-12-16(2)13-11-14-17(3)15-18(19)20-4/h10-15H,5-9H2,1-4H3/b12-10+,14-11+,16-13-,17-15+. The summed E-state index contributed by atoms with van der Waals surface area (Å²) in [5.41, 5.74) is 2.09. The molecule has 112 valence electrons. The van der Waals surface area contributed by atoms with Gasteiger partial charge in [0.25, 0.3) is 0 Å². The zero-order valence-electron chi connectivity index (χ0n) is 13.3. The highest BCUT2D eigenvalue weighted by atomic mass is 16.5. The summed E-state index contributed by atoms with van der Waals surface area (Å²) < 4.78 is 4.57. The molecule has 0 aliphatic rings. The molecule has 0 unspecified atom stereocenters. The number of carbonyl (C=O) groups is 1. The van der Waals surface area contributed by atoms with E-state index in [0.717, 1.165) is 12.0 Å². The molecule has 0 aliphatic carbocycles. The number of methoxy groups -OCH3 is 1. The van der Waals surface area contributed by atoms with Crippen molar-refractivity contribution in [2.24, 2.45) is 0 Å². The molecule has 0 saturated heterocycles. The lowest BCUT2D eigenvalue weighted by molar-refractivity contribution is -0.134. The Bertz CT molecular complexity index is 384. The molecule has 0 aromatic rings. The molecular formula is C18H28O2. The van der Waals surface area contributed by atoms with Crippen molar-refractivity contribution in [1.29, 1.82) is 0 Å². The van der Waals surface area contributed by atoms with E-state index in [-0.39, 0.29) is 5.97 Å². The summed E-state index contributed by atoms with van der Waals surface area (Å²) in [6, 6.07) is 0. The van der Waals surface area contributed by atoms with Crippen LogP contribution >= 0.6 is 0 Å². The van der Waals surface area contributed by atoms with Gasteiger partial charge in [-0.1, -0.05) is 62.1 Å². The molecule has 0 spiro atoms. The van der Waals surface area contributed by atoms with Crippen LogP contribution in [0, 0.1) is 0 Å². The van der Waals surface area contributed by atoms with E-state index in [0.29, 0.717) is 0 Å². The zero-order valence-corrected chi connectivity index (χ0v) is 13.3. The predicted octanol–water partition coefficient (Wildman–Crippen LogP) is 5.13. The van der Waals surface area contributed by atoms with E-state index in [9.17, 15) is 4.79 Å². The van der Waals surface area contributed by atoms with E-state index < -0.39 is 0 Å². The minimum atomic E-state index is -0.320. The van der Waals surface area contributed by atoms with Crippen LogP contribution in [0.15, 0.2) is 47.6 Å². The maximum Gasteiger partial charge on any atom is 0.330 e. The first kappa shape index (κ1) is 18.4. The van der Waals surface area contributed by atoms with Gasteiger partial charge in [0.15, 0.2) is 0 Å². The highest BCUT2D eigenvalue weighted by molar-refractivity contribution is 5.83. The Hall–Kier alpha value is -1.57. The Kier molecular flexibility index (Phi) is 11.5. The predicted molar refractivity (Wildman–Crippen MR) is 86.6 cm³/mol. The van der Waals surface area contributed by atoms with Crippen molar-refractivity contribution < 1.29 is 9.53 Å². The fourth-order valence-electron chi connectivity index (χ4n) is 1.66. The van der Waals surface area contributed by atoms with Crippen LogP contribution in [0.5, 0.6) is 0 Å². The van der Waals surface area contributed by atoms with Crippen LogP contribution < -0.4 is 0 Å². The Balaban J connectivity index is 4.09. The molecule has 20 heavy (non-hydrogen) atoms. The van der Waals surface area contributed by atoms with E-state index in [1.54, 1.807) is 0 Å². The number of carbonyl (C=O) groups excluding carboxylic acids is 1. The quantitative estimate of drug-likeness (QED) is 0.252. The van der Waals surface area contributed by atoms with Gasteiger partial charge in [-0.3, -0.25) is 0 Å². The molecule has 0 heterocycles. The van der Waals surface area contributed by atoms with Crippen molar-refractivity contribution >= 4 is 5.97 Å². The van der Waals surface area contributed by atoms with Crippen molar-refractivity contribution in [2.45, 2.75) is 52.9 Å². The van der Waals surface area contributed by atoms with Gasteiger partial charge in [-0.25, -0.2) is 4.79 Å². The normalized spacial score (nSPS) is 13.4. The second-order valence-electron chi connectivity index (χ2n) is 4.93. The van der Waals surface area contributed by atoms with Crippen LogP contribution in [0.4, 0.5) is 0 Å². The number of hydrogen-bond donors (Lipinski definition) is 0. The van der Waals surface area contributed by atoms with Gasteiger partial charge in [-0.05, 0) is 32.3 Å². The summed E-state index contributed by atoms with van der Waals surface area (Å²) in [4.78, 5) is 11.0. The molecule has 0 N–H and O–H groups in total. The highest BCUT2D eigenvalue weighted by Crippen LogP contribution is 2.05. The Morgan fingerprint density at radius 3 is 2.45 bits per heavy atom. The van der Waals surface area contributed by atoms with Gasteiger partial charge in [0.1, 0.15) is 0 Å². The van der Waals surface area contributed by atoms with Crippen LogP contribution in [0.3, 0.4) is 0 Å². The van der Waals surface area contributed by atoms with Gasteiger partial charge in [0, 0.05) is 6.08 Å². The SMILES string of the molecule is CCCCCC/C=C/C(C)=C\C=C\C(C)=C\C(=O)OC. The third-order valence-corrected chi connectivity index (χ3v) is 2.87. The van der Waals surface area contributed by atoms with Crippen molar-refractivity contribution in [2.75, 3.05) is 7.11 Å². The van der Waals surface area contributed by atoms with E-state index >= 15 is 0 Å². The third-order valence-electron chi connectivity index (χ3n) is 2.87. The molecule has 0 aliphatic heterocycles. The van der Waals surface area contributed by atoms with E-state index in [4.69, 9.17) is 0 Å². The average molecular weight is 276 g/mol. The molecule has 0 rings (SSSR count). The Labute approximate surface area is 123 Å². The van der Waals surface area contributed by atoms with Crippen LogP contribution in [0.2, 0.25) is 0 Å². The smallest absolute Gasteiger partial charge is 0.330 e. The van der Waals surface area contributed by atoms with Crippen LogP contribution in [0.25, 0.3) is 0 Å². The average Bonchev–Trinajstić information content (AvgIpc) is 2.42. The first-order chi connectivity index (χ1) is 9.60. The topological polar surface area (TPSA) is 26.3 Å². The number of ether oxygens (including phenoxy) is 1. The maximum absolute atomic E-state index is 11.0. The molecule has 2 nitrogen and oxygen atoms in total. The minimum Gasteiger partial charge on any atom is -0.466 e. The molecule has 2 heteroatoms. The molecule has 0 amide bonds. The van der Waals surface area contributed by atoms with Gasteiger partial charge in [-0.15, -0.1) is 0 Å². The van der Waals surface area contributed by atoms with Crippen LogP contribution in [-0.2, 0) is 9.53 Å². The second-order valence-corrected chi connectivity index (χ2v) is 4.93. The summed E-state index contributed by atoms with van der Waals surface area (Å²) in [5.74, 6) is -0.320. The van der Waals surface area contributed by atoms with Crippen LogP contribution in [-0.4, -0.2) is 13.1 Å². The van der Waals surface area contributed by atoms with E-state index in [1.165, 1.54) is 44.4 Å². The van der Waals surface area contributed by atoms with Gasteiger partial charge >= 0.3 is 5.97 Å². The van der Waals surface area contributed by atoms with Crippen molar-refractivity contribution in [1.82, 2.24) is 0 Å². The van der Waals surface area contributed by atoms with Crippen LogP contribution in [0.1, 0.15) is 52.9 Å². The lowest BCUT2D eigenvalue weighted by atomic mass is 10.1. The van der Waals surface area contributed by atoms with Gasteiger partial charge in [0.05, 0.1) is 7.11 Å². The lowest BCUT2D eigenvalue weighted by Gasteiger charge is -1.95. The molecular weight excluding hydrogens is 248 g/mol. The van der Waals surface area contributed by atoms with E-state index in [2.05, 4.69) is 30.7 Å². The Morgan fingerprint density at radius 1 is 1.05 bits per heavy atom. The molecule has 0 radical (unpaired) electrons. The fraction of sp³-hybridized carbons (Fsp3) is 0.500. The van der Waals surface area contributed by atoms with E-state index in [1.807, 2.05) is 25.2 Å². The highest BCUT2D eigenvalue weighted by Gasteiger charge is 1.92. The van der Waals surface area contributed by atoms with Crippen molar-refractivity contribution in [3.63, 3.8) is 0 Å². The fourth-order valence-corrected chi connectivity index (χ4v) is 1.66. The van der Waals surface area contributed by atoms with Crippen molar-refractivity contribution in [3.8, 4) is 0 Å².